The molecular weight excluding hydrogens is 272 g/mol. The van der Waals surface area contributed by atoms with Crippen LogP contribution in [-0.2, 0) is 0 Å². The second kappa shape index (κ2) is 4.15. The van der Waals surface area contributed by atoms with E-state index in [0.717, 1.165) is 0 Å². The van der Waals surface area contributed by atoms with Crippen LogP contribution in [0.5, 0.6) is 5.75 Å². The van der Waals surface area contributed by atoms with Crippen LogP contribution < -0.4 is 0 Å². The van der Waals surface area contributed by atoms with E-state index in [0.29, 0.717) is 25.7 Å². The molecule has 0 amide bonds. The Labute approximate surface area is 111 Å². The third-order valence-corrected chi connectivity index (χ3v) is 3.83. The molecule has 2 heterocycles. The summed E-state index contributed by atoms with van der Waals surface area (Å²) < 4.78 is 5.86. The molecule has 0 aliphatic rings. The largest absolute Gasteiger partial charge is 0.508 e. The molecule has 0 bridgehead atoms. The number of carbonyl (C=O) groups is 1. The zero-order chi connectivity index (χ0) is 12.7. The lowest BCUT2D eigenvalue weighted by molar-refractivity contribution is 0.104. The Morgan fingerprint density at radius 2 is 2.11 bits per heavy atom. The molecule has 0 radical (unpaired) electrons. The van der Waals surface area contributed by atoms with Gasteiger partial charge in [0.15, 0.2) is 0 Å². The summed E-state index contributed by atoms with van der Waals surface area (Å²) in [5.41, 5.74) is 0.998. The molecule has 0 aliphatic carbocycles. The SMILES string of the molecule is O=C(c1ccc(Cl)s1)c1coc2ccc(O)cc12. The van der Waals surface area contributed by atoms with Crippen LogP contribution in [0.25, 0.3) is 11.0 Å². The molecule has 3 rings (SSSR count). The molecular formula is C13H7ClO3S. The summed E-state index contributed by atoms with van der Waals surface area (Å²) in [6, 6.07) is 8.02. The van der Waals surface area contributed by atoms with Crippen LogP contribution in [0.3, 0.4) is 0 Å². The minimum absolute atomic E-state index is 0.0992. The molecule has 0 aliphatic heterocycles. The summed E-state index contributed by atoms with van der Waals surface area (Å²) in [4.78, 5) is 12.8. The summed E-state index contributed by atoms with van der Waals surface area (Å²) in [6.07, 6.45) is 1.40. The zero-order valence-electron chi connectivity index (χ0n) is 9.01. The van der Waals surface area contributed by atoms with Gasteiger partial charge in [0, 0.05) is 5.39 Å². The monoisotopic (exact) mass is 278 g/mol. The molecule has 90 valence electrons. The van der Waals surface area contributed by atoms with Gasteiger partial charge in [-0.3, -0.25) is 4.79 Å². The van der Waals surface area contributed by atoms with Crippen molar-refractivity contribution in [1.29, 1.82) is 0 Å². The van der Waals surface area contributed by atoms with Crippen molar-refractivity contribution in [2.75, 3.05) is 0 Å². The van der Waals surface area contributed by atoms with Crippen LogP contribution in [0.1, 0.15) is 15.2 Å². The first kappa shape index (κ1) is 11.3. The highest BCUT2D eigenvalue weighted by molar-refractivity contribution is 7.18. The Hall–Kier alpha value is -1.78. The fraction of sp³-hybridized carbons (Fsp3) is 0. The van der Waals surface area contributed by atoms with Gasteiger partial charge >= 0.3 is 0 Å². The number of phenols is 1. The van der Waals surface area contributed by atoms with Crippen molar-refractivity contribution in [3.05, 3.63) is 51.4 Å². The summed E-state index contributed by atoms with van der Waals surface area (Å²) in [5, 5.41) is 10.1. The molecule has 1 aromatic carbocycles. The van der Waals surface area contributed by atoms with E-state index in [4.69, 9.17) is 16.0 Å². The predicted molar refractivity (Wildman–Crippen MR) is 70.6 cm³/mol. The van der Waals surface area contributed by atoms with Crippen LogP contribution in [0.4, 0.5) is 0 Å². The fourth-order valence-electron chi connectivity index (χ4n) is 1.76. The molecule has 0 atom stereocenters. The van der Waals surface area contributed by atoms with Gasteiger partial charge in [-0.1, -0.05) is 11.6 Å². The van der Waals surface area contributed by atoms with Crippen LogP contribution >= 0.6 is 22.9 Å². The highest BCUT2D eigenvalue weighted by atomic mass is 35.5. The highest BCUT2D eigenvalue weighted by Crippen LogP contribution is 2.29. The number of phenolic OH excluding ortho intramolecular Hbond substituents is 1. The van der Waals surface area contributed by atoms with E-state index in [1.807, 2.05) is 0 Å². The standard InChI is InChI=1S/C13H7ClO3S/c14-12-4-3-11(18-12)13(16)9-6-17-10-2-1-7(15)5-8(9)10/h1-6,15H. The molecule has 1 N–H and O–H groups in total. The van der Waals surface area contributed by atoms with Crippen molar-refractivity contribution in [3.63, 3.8) is 0 Å². The Balaban J connectivity index is 2.14. The van der Waals surface area contributed by atoms with Crippen LogP contribution in [-0.4, -0.2) is 10.9 Å². The van der Waals surface area contributed by atoms with Crippen LogP contribution in [0.2, 0.25) is 4.34 Å². The predicted octanol–water partition coefficient (Wildman–Crippen LogP) is 4.08. The van der Waals surface area contributed by atoms with Crippen molar-refractivity contribution in [3.8, 4) is 5.75 Å². The van der Waals surface area contributed by atoms with Crippen molar-refractivity contribution in [2.45, 2.75) is 0 Å². The number of halogens is 1. The average Bonchev–Trinajstić information content (AvgIpc) is 2.94. The zero-order valence-corrected chi connectivity index (χ0v) is 10.6. The van der Waals surface area contributed by atoms with Gasteiger partial charge in [0.2, 0.25) is 5.78 Å². The number of thiophene rings is 1. The number of aromatic hydroxyl groups is 1. The van der Waals surface area contributed by atoms with Gasteiger partial charge in [-0.15, -0.1) is 11.3 Å². The maximum atomic E-state index is 12.3. The van der Waals surface area contributed by atoms with E-state index in [1.165, 1.54) is 29.7 Å². The maximum Gasteiger partial charge on any atom is 0.206 e. The number of furan rings is 1. The molecule has 3 aromatic rings. The Morgan fingerprint density at radius 3 is 2.83 bits per heavy atom. The van der Waals surface area contributed by atoms with E-state index in [9.17, 15) is 9.90 Å². The highest BCUT2D eigenvalue weighted by Gasteiger charge is 2.17. The van der Waals surface area contributed by atoms with Gasteiger partial charge in [0.1, 0.15) is 17.6 Å². The Bertz CT molecular complexity index is 742. The first-order valence-corrected chi connectivity index (χ1v) is 6.35. The number of ketones is 1. The van der Waals surface area contributed by atoms with Gasteiger partial charge in [0.05, 0.1) is 14.8 Å². The first-order chi connectivity index (χ1) is 8.65. The van der Waals surface area contributed by atoms with Gasteiger partial charge in [-0.25, -0.2) is 0 Å². The van der Waals surface area contributed by atoms with Crippen LogP contribution in [0.15, 0.2) is 41.0 Å². The Kier molecular flexibility index (Phi) is 2.61. The van der Waals surface area contributed by atoms with E-state index in [1.54, 1.807) is 18.2 Å². The molecule has 0 saturated carbocycles. The number of carbonyl (C=O) groups excluding carboxylic acids is 1. The summed E-state index contributed by atoms with van der Waals surface area (Å²) >= 11 is 7.03. The molecule has 0 saturated heterocycles. The second-order valence-corrected chi connectivity index (χ2v) is 5.48. The topological polar surface area (TPSA) is 50.4 Å². The number of rotatable bonds is 2. The van der Waals surface area contributed by atoms with Crippen molar-refractivity contribution in [1.82, 2.24) is 0 Å². The summed E-state index contributed by atoms with van der Waals surface area (Å²) in [7, 11) is 0. The van der Waals surface area contributed by atoms with Gasteiger partial charge < -0.3 is 9.52 Å². The van der Waals surface area contributed by atoms with Crippen molar-refractivity contribution < 1.29 is 14.3 Å². The van der Waals surface area contributed by atoms with Gasteiger partial charge in [-0.05, 0) is 30.3 Å². The minimum atomic E-state index is -0.156. The average molecular weight is 279 g/mol. The van der Waals surface area contributed by atoms with Gasteiger partial charge in [-0.2, -0.15) is 0 Å². The summed E-state index contributed by atoms with van der Waals surface area (Å²) in [5.74, 6) is -0.0570. The van der Waals surface area contributed by atoms with E-state index in [2.05, 4.69) is 0 Å². The first-order valence-electron chi connectivity index (χ1n) is 5.15. The molecule has 18 heavy (non-hydrogen) atoms. The van der Waals surface area contributed by atoms with Gasteiger partial charge in [0.25, 0.3) is 0 Å². The van der Waals surface area contributed by atoms with Crippen LogP contribution in [0, 0.1) is 0 Å². The lowest BCUT2D eigenvalue weighted by Crippen LogP contribution is -1.96. The van der Waals surface area contributed by atoms with E-state index < -0.39 is 0 Å². The third-order valence-electron chi connectivity index (χ3n) is 2.60. The van der Waals surface area contributed by atoms with Crippen molar-refractivity contribution in [2.24, 2.45) is 0 Å². The smallest absolute Gasteiger partial charge is 0.206 e. The molecule has 2 aromatic heterocycles. The fourth-order valence-corrected chi connectivity index (χ4v) is 2.76. The normalized spacial score (nSPS) is 10.9. The molecule has 3 nitrogen and oxygen atoms in total. The number of hydrogen-bond acceptors (Lipinski definition) is 4. The molecule has 5 heteroatoms. The quantitative estimate of drug-likeness (QED) is 0.719. The third kappa shape index (κ3) is 1.79. The number of benzene rings is 1. The molecule has 0 fully saturated rings. The lowest BCUT2D eigenvalue weighted by Gasteiger charge is -1.95. The number of fused-ring (bicyclic) bond motifs is 1. The molecule has 0 spiro atoms. The van der Waals surface area contributed by atoms with Crippen molar-refractivity contribution >= 4 is 39.7 Å². The number of hydrogen-bond donors (Lipinski definition) is 1. The summed E-state index contributed by atoms with van der Waals surface area (Å²) in [6.45, 7) is 0. The molecule has 0 unspecified atom stereocenters. The van der Waals surface area contributed by atoms with E-state index >= 15 is 0 Å². The second-order valence-electron chi connectivity index (χ2n) is 3.76. The van der Waals surface area contributed by atoms with E-state index in [-0.39, 0.29) is 11.5 Å². The maximum absolute atomic E-state index is 12.3. The minimum Gasteiger partial charge on any atom is -0.508 e. The Morgan fingerprint density at radius 1 is 1.28 bits per heavy atom. The lowest BCUT2D eigenvalue weighted by atomic mass is 10.1.